The number of aromatic amines is 1. The second kappa shape index (κ2) is 9.05. The first kappa shape index (κ1) is 20.0. The molecule has 4 aromatic rings. The Bertz CT molecular complexity index is 952. The Morgan fingerprint density at radius 1 is 0.800 bits per heavy atom. The lowest BCUT2D eigenvalue weighted by molar-refractivity contribution is -0.0443. The topological polar surface area (TPSA) is 90.0 Å². The SMILES string of the molecule is NCc1cn[nH]c1CC(N)OC(c1ccccc1)(c1ccccc1)c1ccccc1. The number of aromatic nitrogens is 2. The summed E-state index contributed by atoms with van der Waals surface area (Å²) in [5, 5.41) is 7.10. The van der Waals surface area contributed by atoms with Crippen LogP contribution in [0.1, 0.15) is 27.9 Å². The third kappa shape index (κ3) is 3.91. The van der Waals surface area contributed by atoms with E-state index in [1.165, 1.54) is 0 Å². The number of ether oxygens (including phenoxy) is 1. The predicted molar refractivity (Wildman–Crippen MR) is 118 cm³/mol. The summed E-state index contributed by atoms with van der Waals surface area (Å²) >= 11 is 0. The lowest BCUT2D eigenvalue weighted by atomic mass is 9.80. The van der Waals surface area contributed by atoms with E-state index in [9.17, 15) is 0 Å². The molecule has 4 rings (SSSR count). The van der Waals surface area contributed by atoms with Crippen LogP contribution in [0.2, 0.25) is 0 Å². The predicted octanol–water partition coefficient (Wildman–Crippen LogP) is 3.70. The van der Waals surface area contributed by atoms with Gasteiger partial charge in [-0.2, -0.15) is 5.10 Å². The molecule has 1 heterocycles. The summed E-state index contributed by atoms with van der Waals surface area (Å²) in [5.74, 6) is 0. The van der Waals surface area contributed by atoms with Crippen molar-refractivity contribution in [2.24, 2.45) is 11.5 Å². The molecular formula is C25H26N4O. The minimum absolute atomic E-state index is 0.403. The number of hydrogen-bond donors (Lipinski definition) is 3. The summed E-state index contributed by atoms with van der Waals surface area (Å²) in [6, 6.07) is 30.6. The van der Waals surface area contributed by atoms with E-state index in [1.807, 2.05) is 54.6 Å². The summed E-state index contributed by atoms with van der Waals surface area (Å²) < 4.78 is 6.76. The Morgan fingerprint density at radius 2 is 1.27 bits per heavy atom. The van der Waals surface area contributed by atoms with Crippen molar-refractivity contribution in [3.05, 3.63) is 125 Å². The van der Waals surface area contributed by atoms with Crippen molar-refractivity contribution in [2.45, 2.75) is 24.8 Å². The summed E-state index contributed by atoms with van der Waals surface area (Å²) in [6.07, 6.45) is 1.62. The van der Waals surface area contributed by atoms with Gasteiger partial charge in [0.15, 0.2) is 0 Å². The van der Waals surface area contributed by atoms with Gasteiger partial charge in [0, 0.05) is 24.2 Å². The quantitative estimate of drug-likeness (QED) is 0.312. The molecule has 0 aliphatic rings. The Balaban J connectivity index is 1.82. The Labute approximate surface area is 176 Å². The molecule has 1 atom stereocenters. The van der Waals surface area contributed by atoms with Crippen molar-refractivity contribution < 1.29 is 4.74 Å². The molecule has 0 bridgehead atoms. The molecule has 30 heavy (non-hydrogen) atoms. The number of rotatable bonds is 8. The van der Waals surface area contributed by atoms with Crippen LogP contribution in [0.25, 0.3) is 0 Å². The number of H-pyrrole nitrogens is 1. The van der Waals surface area contributed by atoms with Crippen LogP contribution in [-0.4, -0.2) is 16.4 Å². The molecule has 3 aromatic carbocycles. The van der Waals surface area contributed by atoms with Crippen molar-refractivity contribution in [3.63, 3.8) is 0 Å². The number of nitrogens with zero attached hydrogens (tertiary/aromatic N) is 1. The first-order valence-electron chi connectivity index (χ1n) is 10.0. The highest BCUT2D eigenvalue weighted by atomic mass is 16.5. The maximum absolute atomic E-state index is 6.76. The van der Waals surface area contributed by atoms with Crippen molar-refractivity contribution in [1.29, 1.82) is 0 Å². The van der Waals surface area contributed by atoms with E-state index in [-0.39, 0.29) is 0 Å². The van der Waals surface area contributed by atoms with E-state index in [4.69, 9.17) is 16.2 Å². The van der Waals surface area contributed by atoms with Gasteiger partial charge in [-0.05, 0) is 16.7 Å². The molecule has 5 N–H and O–H groups in total. The maximum atomic E-state index is 6.76. The van der Waals surface area contributed by atoms with Crippen LogP contribution >= 0.6 is 0 Å². The van der Waals surface area contributed by atoms with Crippen LogP contribution in [-0.2, 0) is 23.3 Å². The zero-order valence-electron chi connectivity index (χ0n) is 16.7. The highest BCUT2D eigenvalue weighted by Crippen LogP contribution is 2.41. The van der Waals surface area contributed by atoms with E-state index in [1.54, 1.807) is 6.20 Å². The number of nitrogens with one attached hydrogen (secondary N) is 1. The zero-order chi connectivity index (χ0) is 20.8. The molecule has 0 amide bonds. The lowest BCUT2D eigenvalue weighted by Gasteiger charge is -2.38. The van der Waals surface area contributed by atoms with Gasteiger partial charge >= 0.3 is 0 Å². The van der Waals surface area contributed by atoms with Gasteiger partial charge in [0.25, 0.3) is 0 Å². The summed E-state index contributed by atoms with van der Waals surface area (Å²) in [5.41, 5.74) is 16.4. The molecule has 0 saturated carbocycles. The normalized spacial score (nSPS) is 12.6. The second-order valence-corrected chi connectivity index (χ2v) is 7.22. The molecule has 1 aromatic heterocycles. The molecule has 0 aliphatic heterocycles. The first-order valence-corrected chi connectivity index (χ1v) is 10.0. The van der Waals surface area contributed by atoms with Gasteiger partial charge in [-0.25, -0.2) is 0 Å². The fourth-order valence-electron chi connectivity index (χ4n) is 3.88. The average Bonchev–Trinajstić information content (AvgIpc) is 3.26. The standard InChI is InChI=1S/C25H26N4O/c26-17-19-18-28-29-23(19)16-24(27)30-25(20-10-4-1-5-11-20,21-12-6-2-7-13-21)22-14-8-3-9-15-22/h1-15,18,24H,16-17,26-27H2,(H,28,29). The lowest BCUT2D eigenvalue weighted by Crippen LogP contribution is -2.41. The molecule has 1 unspecified atom stereocenters. The fraction of sp³-hybridized carbons (Fsp3) is 0.160. The highest BCUT2D eigenvalue weighted by molar-refractivity contribution is 5.47. The van der Waals surface area contributed by atoms with E-state index >= 15 is 0 Å². The second-order valence-electron chi connectivity index (χ2n) is 7.22. The summed E-state index contributed by atoms with van der Waals surface area (Å²) in [7, 11) is 0. The molecule has 5 heteroatoms. The van der Waals surface area contributed by atoms with Crippen molar-refractivity contribution >= 4 is 0 Å². The average molecular weight is 399 g/mol. The van der Waals surface area contributed by atoms with Gasteiger partial charge in [-0.3, -0.25) is 5.10 Å². The van der Waals surface area contributed by atoms with Crippen LogP contribution in [0.15, 0.2) is 97.2 Å². The van der Waals surface area contributed by atoms with Crippen LogP contribution in [0, 0.1) is 0 Å². The van der Waals surface area contributed by atoms with Crippen LogP contribution in [0.4, 0.5) is 0 Å². The van der Waals surface area contributed by atoms with E-state index in [0.717, 1.165) is 27.9 Å². The molecule has 0 saturated heterocycles. The van der Waals surface area contributed by atoms with E-state index in [0.29, 0.717) is 13.0 Å². The number of hydrogen-bond acceptors (Lipinski definition) is 4. The van der Waals surface area contributed by atoms with Gasteiger partial charge in [-0.1, -0.05) is 91.0 Å². The molecule has 0 aliphatic carbocycles. The number of benzene rings is 3. The molecule has 5 nitrogen and oxygen atoms in total. The molecule has 0 radical (unpaired) electrons. The Hall–Kier alpha value is -3.25. The number of nitrogens with two attached hydrogens (primary N) is 2. The van der Waals surface area contributed by atoms with Gasteiger partial charge in [-0.15, -0.1) is 0 Å². The minimum Gasteiger partial charge on any atom is -0.343 e. The maximum Gasteiger partial charge on any atom is 0.145 e. The summed E-state index contributed by atoms with van der Waals surface area (Å²) in [4.78, 5) is 0. The first-order chi connectivity index (χ1) is 14.7. The third-order valence-electron chi connectivity index (χ3n) is 5.30. The molecule has 0 spiro atoms. The van der Waals surface area contributed by atoms with Crippen molar-refractivity contribution in [3.8, 4) is 0 Å². The monoisotopic (exact) mass is 398 g/mol. The van der Waals surface area contributed by atoms with E-state index < -0.39 is 11.8 Å². The van der Waals surface area contributed by atoms with Gasteiger partial charge in [0.1, 0.15) is 11.8 Å². The Morgan fingerprint density at radius 3 is 1.70 bits per heavy atom. The van der Waals surface area contributed by atoms with Crippen LogP contribution < -0.4 is 11.5 Å². The highest BCUT2D eigenvalue weighted by Gasteiger charge is 2.39. The molecule has 152 valence electrons. The largest absolute Gasteiger partial charge is 0.343 e. The van der Waals surface area contributed by atoms with E-state index in [2.05, 4.69) is 46.6 Å². The zero-order valence-corrected chi connectivity index (χ0v) is 16.7. The Kier molecular flexibility index (Phi) is 6.05. The van der Waals surface area contributed by atoms with Crippen molar-refractivity contribution in [1.82, 2.24) is 10.2 Å². The minimum atomic E-state index is -0.855. The smallest absolute Gasteiger partial charge is 0.145 e. The van der Waals surface area contributed by atoms with Crippen LogP contribution in [0.5, 0.6) is 0 Å². The molecule has 0 fully saturated rings. The fourth-order valence-corrected chi connectivity index (χ4v) is 3.88. The van der Waals surface area contributed by atoms with Gasteiger partial charge < -0.3 is 16.2 Å². The van der Waals surface area contributed by atoms with Gasteiger partial charge in [0.2, 0.25) is 0 Å². The van der Waals surface area contributed by atoms with Crippen molar-refractivity contribution in [2.75, 3.05) is 0 Å². The van der Waals surface area contributed by atoms with Crippen LogP contribution in [0.3, 0.4) is 0 Å². The third-order valence-corrected chi connectivity index (χ3v) is 5.30. The molecular weight excluding hydrogens is 372 g/mol. The van der Waals surface area contributed by atoms with Gasteiger partial charge in [0.05, 0.1) is 6.20 Å². The summed E-state index contributed by atoms with van der Waals surface area (Å²) in [6.45, 7) is 0.403.